The van der Waals surface area contributed by atoms with Gasteiger partial charge in [-0.05, 0) is 97.4 Å². The van der Waals surface area contributed by atoms with E-state index in [1.165, 1.54) is 18.3 Å². The van der Waals surface area contributed by atoms with Gasteiger partial charge in [-0.2, -0.15) is 5.10 Å². The maximum absolute atomic E-state index is 12.6. The quantitative estimate of drug-likeness (QED) is 0.0826. The molecule has 0 saturated heterocycles. The predicted octanol–water partition coefficient (Wildman–Crippen LogP) is 7.29. The lowest BCUT2D eigenvalue weighted by atomic mass is 10.2. The number of benzene rings is 2. The van der Waals surface area contributed by atoms with E-state index < -0.39 is 10.8 Å². The molecule has 0 aliphatic rings. The standard InChI is InChI=1S/C32H28BrN5O7/c1-4-42-29-15-22(27(33)16-30(29)45-31-14-9-24(18-34-31)38(40)41)17-35-36-32(39)28-13-12-26(44-28)19-43-25-10-7-23(8-11-25)37-20(2)5-6-21(37)3/h5-18H,4,19H2,1-3H3,(H,36,39)/b35-17+. The fourth-order valence-corrected chi connectivity index (χ4v) is 4.79. The van der Waals surface area contributed by atoms with E-state index in [4.69, 9.17) is 18.6 Å². The van der Waals surface area contributed by atoms with Crippen molar-refractivity contribution in [2.45, 2.75) is 27.4 Å². The van der Waals surface area contributed by atoms with Gasteiger partial charge in [0.25, 0.3) is 5.69 Å². The number of hydrogen-bond acceptors (Lipinski definition) is 9. The van der Waals surface area contributed by atoms with Gasteiger partial charge in [0, 0.05) is 39.2 Å². The number of pyridine rings is 1. The molecule has 45 heavy (non-hydrogen) atoms. The first-order valence-electron chi connectivity index (χ1n) is 13.8. The van der Waals surface area contributed by atoms with Crippen LogP contribution in [0.4, 0.5) is 5.69 Å². The van der Waals surface area contributed by atoms with Crippen LogP contribution >= 0.6 is 15.9 Å². The molecular formula is C32H28BrN5O7. The van der Waals surface area contributed by atoms with E-state index in [2.05, 4.69) is 62.0 Å². The molecule has 230 valence electrons. The Morgan fingerprint density at radius 3 is 2.47 bits per heavy atom. The van der Waals surface area contributed by atoms with Crippen molar-refractivity contribution in [1.29, 1.82) is 0 Å². The molecule has 12 nitrogen and oxygen atoms in total. The first kappa shape index (κ1) is 31.0. The Balaban J connectivity index is 1.18. The van der Waals surface area contributed by atoms with Crippen LogP contribution in [0.25, 0.3) is 5.69 Å². The zero-order valence-corrected chi connectivity index (χ0v) is 26.1. The number of carbonyl (C=O) groups excluding carboxylic acids is 1. The highest BCUT2D eigenvalue weighted by molar-refractivity contribution is 9.10. The highest BCUT2D eigenvalue weighted by Gasteiger charge is 2.15. The molecule has 0 saturated carbocycles. The minimum atomic E-state index is -0.543. The summed E-state index contributed by atoms with van der Waals surface area (Å²) in [4.78, 5) is 26.9. The molecule has 3 aromatic heterocycles. The molecule has 0 aliphatic heterocycles. The molecule has 3 heterocycles. The lowest BCUT2D eigenvalue weighted by Gasteiger charge is -2.13. The van der Waals surface area contributed by atoms with Crippen molar-refractivity contribution >= 4 is 33.7 Å². The number of nitrogens with zero attached hydrogens (tertiary/aromatic N) is 4. The average Bonchev–Trinajstić information content (AvgIpc) is 3.64. The van der Waals surface area contributed by atoms with E-state index in [0.717, 1.165) is 23.3 Å². The fourth-order valence-electron chi connectivity index (χ4n) is 4.37. The normalized spacial score (nSPS) is 11.0. The number of nitro groups is 1. The molecule has 0 bridgehead atoms. The van der Waals surface area contributed by atoms with Crippen LogP contribution in [0.1, 0.15) is 40.2 Å². The topological polar surface area (TPSA) is 143 Å². The van der Waals surface area contributed by atoms with Crippen LogP contribution < -0.4 is 19.6 Å². The zero-order valence-electron chi connectivity index (χ0n) is 24.5. The lowest BCUT2D eigenvalue weighted by Crippen LogP contribution is -2.16. The summed E-state index contributed by atoms with van der Waals surface area (Å²) in [5.74, 6) is 1.56. The van der Waals surface area contributed by atoms with Gasteiger partial charge in [0.05, 0.1) is 17.7 Å². The van der Waals surface area contributed by atoms with Gasteiger partial charge >= 0.3 is 5.91 Å². The Morgan fingerprint density at radius 1 is 1.04 bits per heavy atom. The number of aryl methyl sites for hydroxylation is 2. The first-order valence-corrected chi connectivity index (χ1v) is 14.6. The van der Waals surface area contributed by atoms with Crippen LogP contribution in [0, 0.1) is 24.0 Å². The molecule has 0 atom stereocenters. The summed E-state index contributed by atoms with van der Waals surface area (Å²) in [6, 6.07) is 21.1. The number of rotatable bonds is 12. The summed E-state index contributed by atoms with van der Waals surface area (Å²) in [6.45, 7) is 6.43. The van der Waals surface area contributed by atoms with E-state index in [1.807, 2.05) is 31.2 Å². The largest absolute Gasteiger partial charge is 0.490 e. The molecule has 0 fully saturated rings. The molecule has 13 heteroatoms. The van der Waals surface area contributed by atoms with Gasteiger partial charge in [0.2, 0.25) is 5.88 Å². The molecule has 0 radical (unpaired) electrons. The molecule has 5 rings (SSSR count). The third-order valence-electron chi connectivity index (χ3n) is 6.51. The van der Waals surface area contributed by atoms with Gasteiger partial charge in [0.15, 0.2) is 17.3 Å². The van der Waals surface area contributed by atoms with Crippen LogP contribution in [0.3, 0.4) is 0 Å². The van der Waals surface area contributed by atoms with E-state index in [9.17, 15) is 14.9 Å². The monoisotopic (exact) mass is 673 g/mol. The zero-order chi connectivity index (χ0) is 31.9. The third kappa shape index (κ3) is 7.57. The second-order valence-corrected chi connectivity index (χ2v) is 10.5. The number of amides is 1. The summed E-state index contributed by atoms with van der Waals surface area (Å²) >= 11 is 3.47. The Kier molecular flexibility index (Phi) is 9.58. The van der Waals surface area contributed by atoms with Crippen molar-refractivity contribution in [1.82, 2.24) is 15.0 Å². The number of furan rings is 1. The SMILES string of the molecule is CCOc1cc(/C=N/NC(=O)c2ccc(COc3ccc(-n4c(C)ccc4C)cc3)o2)c(Br)cc1Oc1ccc([N+](=O)[O-])cn1. The number of hydrazone groups is 1. The second kappa shape index (κ2) is 13.9. The number of hydrogen-bond donors (Lipinski definition) is 1. The third-order valence-corrected chi connectivity index (χ3v) is 7.20. The van der Waals surface area contributed by atoms with Gasteiger partial charge in [-0.25, -0.2) is 10.4 Å². The minimum absolute atomic E-state index is 0.0769. The molecule has 0 aliphatic carbocycles. The van der Waals surface area contributed by atoms with Crippen LogP contribution in [0.5, 0.6) is 23.1 Å². The summed E-state index contributed by atoms with van der Waals surface area (Å²) in [6.07, 6.45) is 2.54. The van der Waals surface area contributed by atoms with E-state index in [-0.39, 0.29) is 23.9 Å². The van der Waals surface area contributed by atoms with Gasteiger partial charge < -0.3 is 23.2 Å². The van der Waals surface area contributed by atoms with Gasteiger partial charge in [-0.1, -0.05) is 0 Å². The van der Waals surface area contributed by atoms with Crippen molar-refractivity contribution in [3.05, 3.63) is 122 Å². The molecule has 1 N–H and O–H groups in total. The van der Waals surface area contributed by atoms with E-state index in [1.54, 1.807) is 24.3 Å². The summed E-state index contributed by atoms with van der Waals surface area (Å²) in [5.41, 5.74) is 6.23. The van der Waals surface area contributed by atoms with Crippen molar-refractivity contribution in [3.63, 3.8) is 0 Å². The second-order valence-electron chi connectivity index (χ2n) is 9.67. The van der Waals surface area contributed by atoms with Gasteiger partial charge in [-0.15, -0.1) is 0 Å². The maximum Gasteiger partial charge on any atom is 0.307 e. The Morgan fingerprint density at radius 2 is 1.80 bits per heavy atom. The first-order chi connectivity index (χ1) is 21.7. The number of halogens is 1. The van der Waals surface area contributed by atoms with Crippen molar-refractivity contribution < 1.29 is 28.3 Å². The number of ether oxygens (including phenoxy) is 3. The van der Waals surface area contributed by atoms with Crippen LogP contribution in [-0.2, 0) is 6.61 Å². The van der Waals surface area contributed by atoms with Crippen molar-refractivity contribution in [2.24, 2.45) is 5.10 Å². The van der Waals surface area contributed by atoms with Gasteiger partial charge in [0.1, 0.15) is 24.3 Å². The molecule has 2 aromatic carbocycles. The Bertz CT molecular complexity index is 1830. The fraction of sp³-hybridized carbons (Fsp3) is 0.156. The van der Waals surface area contributed by atoms with Crippen molar-refractivity contribution in [2.75, 3.05) is 6.61 Å². The smallest absolute Gasteiger partial charge is 0.307 e. The van der Waals surface area contributed by atoms with Crippen LogP contribution in [-0.4, -0.2) is 33.2 Å². The number of nitrogens with one attached hydrogen (secondary N) is 1. The highest BCUT2D eigenvalue weighted by Crippen LogP contribution is 2.36. The molecular weight excluding hydrogens is 646 g/mol. The lowest BCUT2D eigenvalue weighted by molar-refractivity contribution is -0.385. The van der Waals surface area contributed by atoms with Crippen molar-refractivity contribution in [3.8, 4) is 28.8 Å². The summed E-state index contributed by atoms with van der Waals surface area (Å²) < 4.78 is 25.7. The summed E-state index contributed by atoms with van der Waals surface area (Å²) in [5, 5.41) is 14.9. The van der Waals surface area contributed by atoms with Crippen LogP contribution in [0.2, 0.25) is 0 Å². The Hall–Kier alpha value is -5.43. The number of aromatic nitrogens is 2. The molecule has 0 spiro atoms. The average molecular weight is 675 g/mol. The minimum Gasteiger partial charge on any atom is -0.490 e. The predicted molar refractivity (Wildman–Crippen MR) is 170 cm³/mol. The van der Waals surface area contributed by atoms with E-state index >= 15 is 0 Å². The van der Waals surface area contributed by atoms with Gasteiger partial charge in [-0.3, -0.25) is 14.9 Å². The highest BCUT2D eigenvalue weighted by atomic mass is 79.9. The Labute approximate surface area is 266 Å². The maximum atomic E-state index is 12.6. The molecule has 5 aromatic rings. The summed E-state index contributed by atoms with van der Waals surface area (Å²) in [7, 11) is 0. The van der Waals surface area contributed by atoms with E-state index in [0.29, 0.717) is 39.7 Å². The molecule has 1 amide bonds. The number of carbonyl (C=O) groups is 1. The van der Waals surface area contributed by atoms with Crippen LogP contribution in [0.15, 0.2) is 93.0 Å². The molecule has 0 unspecified atom stereocenters.